The summed E-state index contributed by atoms with van der Waals surface area (Å²) in [5.74, 6) is -1.12. The Balaban J connectivity index is 1.77. The van der Waals surface area contributed by atoms with Gasteiger partial charge in [-0.15, -0.1) is 0 Å². The molecule has 2 aromatic rings. The van der Waals surface area contributed by atoms with Gasteiger partial charge in [0, 0.05) is 35.7 Å². The lowest BCUT2D eigenvalue weighted by atomic mass is 9.93. The summed E-state index contributed by atoms with van der Waals surface area (Å²) < 4.78 is 0.895. The van der Waals surface area contributed by atoms with Crippen molar-refractivity contribution in [2.45, 2.75) is 31.8 Å². The highest BCUT2D eigenvalue weighted by molar-refractivity contribution is 9.10. The van der Waals surface area contributed by atoms with Gasteiger partial charge in [0.25, 0.3) is 0 Å². The number of pyridine rings is 1. The number of hydrogen-bond donors (Lipinski definition) is 1. The lowest BCUT2D eigenvalue weighted by Crippen LogP contribution is -2.48. The molecular formula is C18H17BrN2O3. The van der Waals surface area contributed by atoms with Crippen molar-refractivity contribution in [2.75, 3.05) is 0 Å². The molecule has 1 N–H and O–H groups in total. The number of nitrogens with zero attached hydrogens (tertiary/aromatic N) is 2. The number of halogens is 1. The third-order valence-electron chi connectivity index (χ3n) is 4.26. The first-order valence-electron chi connectivity index (χ1n) is 7.74. The van der Waals surface area contributed by atoms with E-state index in [1.54, 1.807) is 6.20 Å². The second kappa shape index (κ2) is 7.13. The fourth-order valence-electron chi connectivity index (χ4n) is 2.98. The van der Waals surface area contributed by atoms with Crippen LogP contribution in [0.5, 0.6) is 0 Å². The molecule has 3 rings (SSSR count). The number of benzene rings is 1. The first kappa shape index (κ1) is 16.6. The number of fused-ring (bicyclic) bond motifs is 1. The number of aryl methyl sites for hydroxylation is 1. The number of rotatable bonds is 4. The van der Waals surface area contributed by atoms with Gasteiger partial charge in [-0.25, -0.2) is 4.79 Å². The molecule has 1 unspecified atom stereocenters. The van der Waals surface area contributed by atoms with E-state index >= 15 is 0 Å². The van der Waals surface area contributed by atoms with Crippen LogP contribution in [0, 0.1) is 0 Å². The molecule has 1 atom stereocenters. The Labute approximate surface area is 148 Å². The summed E-state index contributed by atoms with van der Waals surface area (Å²) in [6.07, 6.45) is 2.77. The molecule has 2 heterocycles. The average molecular weight is 389 g/mol. The lowest BCUT2D eigenvalue weighted by molar-refractivity contribution is -0.151. The van der Waals surface area contributed by atoms with Gasteiger partial charge < -0.3 is 10.0 Å². The number of aromatic nitrogens is 1. The third-order valence-corrected chi connectivity index (χ3v) is 5.00. The molecule has 0 saturated carbocycles. The number of carboxylic acids is 1. The SMILES string of the molecule is O=C(O)C1Cc2c(Br)cccc2CN1C(=O)CCc1ccccn1. The molecule has 24 heavy (non-hydrogen) atoms. The van der Waals surface area contributed by atoms with Crippen molar-refractivity contribution in [3.05, 3.63) is 63.9 Å². The van der Waals surface area contributed by atoms with Crippen LogP contribution < -0.4 is 0 Å². The zero-order valence-electron chi connectivity index (χ0n) is 13.0. The first-order chi connectivity index (χ1) is 11.6. The highest BCUT2D eigenvalue weighted by Crippen LogP contribution is 2.30. The smallest absolute Gasteiger partial charge is 0.326 e. The van der Waals surface area contributed by atoms with Gasteiger partial charge in [-0.3, -0.25) is 9.78 Å². The Morgan fingerprint density at radius 1 is 1.25 bits per heavy atom. The number of aliphatic carboxylic acids is 1. The van der Waals surface area contributed by atoms with E-state index in [9.17, 15) is 14.7 Å². The van der Waals surface area contributed by atoms with Crippen molar-refractivity contribution in [1.82, 2.24) is 9.88 Å². The van der Waals surface area contributed by atoms with Crippen molar-refractivity contribution in [2.24, 2.45) is 0 Å². The number of amides is 1. The fraction of sp³-hybridized carbons (Fsp3) is 0.278. The van der Waals surface area contributed by atoms with E-state index in [0.29, 0.717) is 19.4 Å². The largest absolute Gasteiger partial charge is 0.480 e. The van der Waals surface area contributed by atoms with E-state index in [1.807, 2.05) is 36.4 Å². The normalized spacial score (nSPS) is 16.5. The lowest BCUT2D eigenvalue weighted by Gasteiger charge is -2.35. The van der Waals surface area contributed by atoms with Crippen LogP contribution in [0.25, 0.3) is 0 Å². The standard InChI is InChI=1S/C18H17BrN2O3/c19-15-6-3-4-12-11-21(16(18(23)24)10-14(12)15)17(22)8-7-13-5-1-2-9-20-13/h1-6,9,16H,7-8,10-11H2,(H,23,24). The summed E-state index contributed by atoms with van der Waals surface area (Å²) in [6, 6.07) is 10.5. The van der Waals surface area contributed by atoms with Crippen LogP contribution >= 0.6 is 15.9 Å². The maximum Gasteiger partial charge on any atom is 0.326 e. The maximum atomic E-state index is 12.6. The van der Waals surface area contributed by atoms with Crippen molar-refractivity contribution in [3.63, 3.8) is 0 Å². The van der Waals surface area contributed by atoms with Crippen LogP contribution in [0.15, 0.2) is 47.1 Å². The Hall–Kier alpha value is -2.21. The van der Waals surface area contributed by atoms with Crippen LogP contribution in [0.4, 0.5) is 0 Å². The van der Waals surface area contributed by atoms with Gasteiger partial charge in [0.05, 0.1) is 0 Å². The average Bonchev–Trinajstić information content (AvgIpc) is 2.60. The van der Waals surface area contributed by atoms with E-state index in [-0.39, 0.29) is 12.3 Å². The van der Waals surface area contributed by atoms with Crippen LogP contribution in [0.2, 0.25) is 0 Å². The van der Waals surface area contributed by atoms with Crippen LogP contribution in [-0.2, 0) is 29.0 Å². The quantitative estimate of drug-likeness (QED) is 0.873. The molecule has 1 aliphatic rings. The third kappa shape index (κ3) is 3.48. The first-order valence-corrected chi connectivity index (χ1v) is 8.54. The van der Waals surface area contributed by atoms with Crippen LogP contribution in [0.3, 0.4) is 0 Å². The zero-order valence-corrected chi connectivity index (χ0v) is 14.6. The minimum atomic E-state index is -0.970. The molecule has 0 saturated heterocycles. The summed E-state index contributed by atoms with van der Waals surface area (Å²) >= 11 is 3.47. The molecule has 1 aromatic carbocycles. The molecule has 5 nitrogen and oxygen atoms in total. The topological polar surface area (TPSA) is 70.5 Å². The van der Waals surface area contributed by atoms with Gasteiger partial charge >= 0.3 is 5.97 Å². The highest BCUT2D eigenvalue weighted by atomic mass is 79.9. The van der Waals surface area contributed by atoms with Gasteiger partial charge in [0.1, 0.15) is 6.04 Å². The maximum absolute atomic E-state index is 12.6. The summed E-state index contributed by atoms with van der Waals surface area (Å²) in [6.45, 7) is 0.326. The van der Waals surface area contributed by atoms with E-state index in [1.165, 1.54) is 4.90 Å². The predicted molar refractivity (Wildman–Crippen MR) is 92.4 cm³/mol. The Morgan fingerprint density at radius 3 is 2.79 bits per heavy atom. The van der Waals surface area contributed by atoms with Gasteiger partial charge in [0.15, 0.2) is 0 Å². The predicted octanol–water partition coefficient (Wildman–Crippen LogP) is 2.81. The van der Waals surface area contributed by atoms with Crippen molar-refractivity contribution < 1.29 is 14.7 Å². The second-order valence-corrected chi connectivity index (χ2v) is 6.63. The highest BCUT2D eigenvalue weighted by Gasteiger charge is 2.35. The molecular weight excluding hydrogens is 372 g/mol. The molecule has 1 aromatic heterocycles. The summed E-state index contributed by atoms with van der Waals surface area (Å²) in [5.41, 5.74) is 2.80. The van der Waals surface area contributed by atoms with Gasteiger partial charge in [0.2, 0.25) is 5.91 Å². The van der Waals surface area contributed by atoms with Crippen molar-refractivity contribution in [1.29, 1.82) is 0 Å². The summed E-state index contributed by atoms with van der Waals surface area (Å²) in [7, 11) is 0. The Bertz CT molecular complexity index is 764. The molecule has 1 amide bonds. The monoisotopic (exact) mass is 388 g/mol. The van der Waals surface area contributed by atoms with Crippen LogP contribution in [0.1, 0.15) is 23.2 Å². The molecule has 1 aliphatic heterocycles. The molecule has 6 heteroatoms. The number of carboxylic acid groups (broad SMARTS) is 1. The summed E-state index contributed by atoms with van der Waals surface area (Å²) in [5, 5.41) is 9.54. The molecule has 0 bridgehead atoms. The fourth-order valence-corrected chi connectivity index (χ4v) is 3.55. The molecule has 0 aliphatic carbocycles. The number of carbonyl (C=O) groups excluding carboxylic acids is 1. The Kier molecular flexibility index (Phi) is 4.94. The van der Waals surface area contributed by atoms with E-state index < -0.39 is 12.0 Å². The van der Waals surface area contributed by atoms with E-state index in [2.05, 4.69) is 20.9 Å². The van der Waals surface area contributed by atoms with Gasteiger partial charge in [-0.2, -0.15) is 0 Å². The number of carbonyl (C=O) groups is 2. The van der Waals surface area contributed by atoms with E-state index in [0.717, 1.165) is 21.3 Å². The molecule has 124 valence electrons. The van der Waals surface area contributed by atoms with E-state index in [4.69, 9.17) is 0 Å². The second-order valence-electron chi connectivity index (χ2n) is 5.78. The van der Waals surface area contributed by atoms with Gasteiger partial charge in [-0.1, -0.05) is 34.1 Å². The number of hydrogen-bond acceptors (Lipinski definition) is 3. The van der Waals surface area contributed by atoms with Crippen molar-refractivity contribution >= 4 is 27.8 Å². The van der Waals surface area contributed by atoms with Crippen molar-refractivity contribution in [3.8, 4) is 0 Å². The zero-order chi connectivity index (χ0) is 17.1. The van der Waals surface area contributed by atoms with Gasteiger partial charge in [-0.05, 0) is 35.7 Å². The minimum absolute atomic E-state index is 0.154. The Morgan fingerprint density at radius 2 is 2.08 bits per heavy atom. The molecule has 0 radical (unpaired) electrons. The van der Waals surface area contributed by atoms with Crippen LogP contribution in [-0.4, -0.2) is 32.9 Å². The summed E-state index contributed by atoms with van der Waals surface area (Å²) in [4.78, 5) is 29.9. The minimum Gasteiger partial charge on any atom is -0.480 e. The molecule has 0 spiro atoms. The molecule has 0 fully saturated rings.